The van der Waals surface area contributed by atoms with Gasteiger partial charge in [0.15, 0.2) is 0 Å². The van der Waals surface area contributed by atoms with Crippen molar-refractivity contribution in [3.05, 3.63) is 29.8 Å². The molecule has 0 radical (unpaired) electrons. The van der Waals surface area contributed by atoms with Crippen LogP contribution in [-0.4, -0.2) is 34.5 Å². The number of nitrogens with zero attached hydrogens (tertiary/aromatic N) is 1. The van der Waals surface area contributed by atoms with Gasteiger partial charge in [-0.05, 0) is 45.0 Å². The van der Waals surface area contributed by atoms with E-state index >= 15 is 0 Å². The molecule has 0 unspecified atom stereocenters. The van der Waals surface area contributed by atoms with Crippen LogP contribution in [-0.2, 0) is 19.2 Å². The maximum atomic E-state index is 11.9. The minimum atomic E-state index is -0.831. The van der Waals surface area contributed by atoms with Gasteiger partial charge in [0.1, 0.15) is 5.60 Å². The Morgan fingerprint density at radius 1 is 1.04 bits per heavy atom. The molecule has 0 bridgehead atoms. The zero-order valence-corrected chi connectivity index (χ0v) is 13.6. The van der Waals surface area contributed by atoms with Crippen molar-refractivity contribution in [2.45, 2.75) is 39.2 Å². The minimum absolute atomic E-state index is 0.0326. The maximum absolute atomic E-state index is 11.9. The number of ether oxygens (including phenoxy) is 1. The SMILES string of the molecule is CC(C)(C)OC(=O)Nc1ccc(C(=O)ON2C(=O)CCC2=O)cc1. The fourth-order valence-corrected chi connectivity index (χ4v) is 1.90. The number of hydroxylamine groups is 2. The molecule has 0 atom stereocenters. The lowest BCUT2D eigenvalue weighted by Crippen LogP contribution is -2.32. The van der Waals surface area contributed by atoms with Gasteiger partial charge in [-0.15, -0.1) is 5.06 Å². The lowest BCUT2D eigenvalue weighted by atomic mass is 10.2. The Morgan fingerprint density at radius 2 is 1.58 bits per heavy atom. The van der Waals surface area contributed by atoms with Gasteiger partial charge in [-0.2, -0.15) is 0 Å². The summed E-state index contributed by atoms with van der Waals surface area (Å²) in [5, 5.41) is 3.00. The Morgan fingerprint density at radius 3 is 2.08 bits per heavy atom. The standard InChI is InChI=1S/C16H18N2O6/c1-16(2,3)23-15(22)17-11-6-4-10(5-7-11)14(21)24-18-12(19)8-9-13(18)20/h4-7H,8-9H2,1-3H3,(H,17,22). The second-order valence-corrected chi connectivity index (χ2v) is 6.16. The summed E-state index contributed by atoms with van der Waals surface area (Å²) in [5.41, 5.74) is -0.0609. The third-order valence-corrected chi connectivity index (χ3v) is 2.95. The Bertz CT molecular complexity index is 659. The van der Waals surface area contributed by atoms with Gasteiger partial charge >= 0.3 is 12.1 Å². The first-order valence-corrected chi connectivity index (χ1v) is 7.34. The van der Waals surface area contributed by atoms with Crippen LogP contribution in [0.5, 0.6) is 0 Å². The normalized spacial score (nSPS) is 14.5. The molecular formula is C16H18N2O6. The van der Waals surface area contributed by atoms with Gasteiger partial charge in [0.2, 0.25) is 0 Å². The fraction of sp³-hybridized carbons (Fsp3) is 0.375. The molecule has 0 spiro atoms. The number of amides is 3. The Kier molecular flexibility index (Phi) is 4.87. The quantitative estimate of drug-likeness (QED) is 0.851. The molecule has 3 amide bonds. The van der Waals surface area contributed by atoms with Crippen molar-refractivity contribution in [3.63, 3.8) is 0 Å². The van der Waals surface area contributed by atoms with E-state index in [1.807, 2.05) is 0 Å². The number of hydrogen-bond acceptors (Lipinski definition) is 6. The first-order valence-electron chi connectivity index (χ1n) is 7.34. The summed E-state index contributed by atoms with van der Waals surface area (Å²) in [6, 6.07) is 5.77. The molecule has 128 valence electrons. The number of hydrogen-bond donors (Lipinski definition) is 1. The Balaban J connectivity index is 1.96. The highest BCUT2D eigenvalue weighted by Gasteiger charge is 2.33. The molecule has 1 aliphatic heterocycles. The number of imide groups is 1. The van der Waals surface area contributed by atoms with Crippen LogP contribution < -0.4 is 5.32 Å². The molecule has 1 fully saturated rings. The second-order valence-electron chi connectivity index (χ2n) is 6.16. The summed E-state index contributed by atoms with van der Waals surface area (Å²) < 4.78 is 5.11. The summed E-state index contributed by atoms with van der Waals surface area (Å²) in [7, 11) is 0. The van der Waals surface area contributed by atoms with E-state index in [0.29, 0.717) is 10.8 Å². The van der Waals surface area contributed by atoms with Gasteiger partial charge in [-0.1, -0.05) is 0 Å². The molecule has 1 aromatic rings. The van der Waals surface area contributed by atoms with E-state index in [4.69, 9.17) is 9.57 Å². The van der Waals surface area contributed by atoms with Crippen LogP contribution in [0.3, 0.4) is 0 Å². The van der Waals surface area contributed by atoms with E-state index in [2.05, 4.69) is 5.32 Å². The predicted molar refractivity (Wildman–Crippen MR) is 82.8 cm³/mol. The van der Waals surface area contributed by atoms with Gasteiger partial charge in [-0.3, -0.25) is 14.9 Å². The highest BCUT2D eigenvalue weighted by atomic mass is 16.7. The molecule has 0 aromatic heterocycles. The summed E-state index contributed by atoms with van der Waals surface area (Å²) in [4.78, 5) is 51.2. The first-order chi connectivity index (χ1) is 11.2. The van der Waals surface area contributed by atoms with Crippen LogP contribution >= 0.6 is 0 Å². The van der Waals surface area contributed by atoms with Crippen molar-refractivity contribution >= 4 is 29.6 Å². The van der Waals surface area contributed by atoms with E-state index in [1.54, 1.807) is 20.8 Å². The highest BCUT2D eigenvalue weighted by Crippen LogP contribution is 2.16. The topological polar surface area (TPSA) is 102 Å². The number of carbonyl (C=O) groups is 4. The molecule has 0 aliphatic carbocycles. The Labute approximate surface area is 138 Å². The largest absolute Gasteiger partial charge is 0.444 e. The number of rotatable bonds is 3. The van der Waals surface area contributed by atoms with Crippen molar-refractivity contribution in [2.24, 2.45) is 0 Å². The second kappa shape index (κ2) is 6.69. The number of carbonyl (C=O) groups excluding carboxylic acids is 4. The average Bonchev–Trinajstić information content (AvgIpc) is 2.77. The van der Waals surface area contributed by atoms with Crippen molar-refractivity contribution in [1.29, 1.82) is 0 Å². The lowest BCUT2D eigenvalue weighted by molar-refractivity contribution is -0.172. The van der Waals surface area contributed by atoms with Crippen LogP contribution in [0, 0.1) is 0 Å². The molecule has 1 N–H and O–H groups in total. The summed E-state index contributed by atoms with van der Waals surface area (Å²) in [5.74, 6) is -1.92. The van der Waals surface area contributed by atoms with Gasteiger partial charge in [0.25, 0.3) is 11.8 Å². The predicted octanol–water partition coefficient (Wildman–Crippen LogP) is 2.25. The number of anilines is 1. The summed E-state index contributed by atoms with van der Waals surface area (Å²) >= 11 is 0. The van der Waals surface area contributed by atoms with Gasteiger partial charge in [-0.25, -0.2) is 9.59 Å². The van der Waals surface area contributed by atoms with Crippen molar-refractivity contribution < 1.29 is 28.8 Å². The zero-order valence-electron chi connectivity index (χ0n) is 13.6. The lowest BCUT2D eigenvalue weighted by Gasteiger charge is -2.19. The molecule has 2 rings (SSSR count). The van der Waals surface area contributed by atoms with E-state index in [0.717, 1.165) is 0 Å². The van der Waals surface area contributed by atoms with Gasteiger partial charge < -0.3 is 9.57 Å². The summed E-state index contributed by atoms with van der Waals surface area (Å²) in [6.45, 7) is 5.23. The molecule has 1 aromatic carbocycles. The van der Waals surface area contributed by atoms with Crippen LogP contribution in [0.2, 0.25) is 0 Å². The molecule has 1 aliphatic rings. The molecule has 8 heteroatoms. The number of nitrogens with one attached hydrogen (secondary N) is 1. The van der Waals surface area contributed by atoms with Crippen molar-refractivity contribution in [1.82, 2.24) is 5.06 Å². The van der Waals surface area contributed by atoms with Crippen LogP contribution in [0.15, 0.2) is 24.3 Å². The van der Waals surface area contributed by atoms with Crippen LogP contribution in [0.4, 0.5) is 10.5 Å². The average molecular weight is 334 g/mol. The fourth-order valence-electron chi connectivity index (χ4n) is 1.90. The van der Waals surface area contributed by atoms with E-state index in [1.165, 1.54) is 24.3 Å². The van der Waals surface area contributed by atoms with Gasteiger partial charge in [0, 0.05) is 18.5 Å². The molecule has 0 saturated carbocycles. The molecule has 1 heterocycles. The van der Waals surface area contributed by atoms with E-state index < -0.39 is 29.5 Å². The zero-order chi connectivity index (χ0) is 17.9. The summed E-state index contributed by atoms with van der Waals surface area (Å²) in [6.07, 6.45) is -0.554. The van der Waals surface area contributed by atoms with Crippen molar-refractivity contribution in [3.8, 4) is 0 Å². The highest BCUT2D eigenvalue weighted by molar-refractivity contribution is 6.02. The smallest absolute Gasteiger partial charge is 0.412 e. The Hall–Kier alpha value is -2.90. The monoisotopic (exact) mass is 334 g/mol. The first kappa shape index (κ1) is 17.5. The molecular weight excluding hydrogens is 316 g/mol. The van der Waals surface area contributed by atoms with Crippen LogP contribution in [0.1, 0.15) is 44.0 Å². The molecule has 1 saturated heterocycles. The maximum Gasteiger partial charge on any atom is 0.412 e. The third kappa shape index (κ3) is 4.55. The number of benzene rings is 1. The molecule has 24 heavy (non-hydrogen) atoms. The van der Waals surface area contributed by atoms with E-state index in [-0.39, 0.29) is 18.4 Å². The van der Waals surface area contributed by atoms with Crippen LogP contribution in [0.25, 0.3) is 0 Å². The van der Waals surface area contributed by atoms with Crippen molar-refractivity contribution in [2.75, 3.05) is 5.32 Å². The van der Waals surface area contributed by atoms with Gasteiger partial charge in [0.05, 0.1) is 5.56 Å². The van der Waals surface area contributed by atoms with E-state index in [9.17, 15) is 19.2 Å². The minimum Gasteiger partial charge on any atom is -0.444 e. The third-order valence-electron chi connectivity index (χ3n) is 2.95. The molecule has 8 nitrogen and oxygen atoms in total.